The van der Waals surface area contributed by atoms with Crippen LogP contribution >= 0.6 is 0 Å². The monoisotopic (exact) mass is 264 g/mol. The minimum Gasteiger partial charge on any atom is -0.372 e. The molecular formula is C18H32O. The molecule has 19 heavy (non-hydrogen) atoms. The van der Waals surface area contributed by atoms with Gasteiger partial charge in [-0.3, -0.25) is 0 Å². The number of rotatable bonds is 0. The van der Waals surface area contributed by atoms with Crippen LogP contribution in [0.5, 0.6) is 0 Å². The molecule has 0 radical (unpaired) electrons. The summed E-state index contributed by atoms with van der Waals surface area (Å²) in [5.41, 5.74) is 0.130. The van der Waals surface area contributed by atoms with E-state index in [1.165, 1.54) is 32.1 Å². The van der Waals surface area contributed by atoms with E-state index in [2.05, 4.69) is 34.6 Å². The maximum atomic E-state index is 6.44. The first-order valence-corrected chi connectivity index (χ1v) is 8.55. The first-order chi connectivity index (χ1) is 8.87. The zero-order valence-electron chi connectivity index (χ0n) is 13.5. The van der Waals surface area contributed by atoms with Gasteiger partial charge in [0.2, 0.25) is 0 Å². The number of hydrogen-bond donors (Lipinski definition) is 0. The maximum Gasteiger partial charge on any atom is 0.0630 e. The van der Waals surface area contributed by atoms with E-state index in [0.717, 1.165) is 35.5 Å². The number of hydrogen-bond acceptors (Lipinski definition) is 1. The second-order valence-corrected chi connectivity index (χ2v) is 8.54. The summed E-state index contributed by atoms with van der Waals surface area (Å²) in [6, 6.07) is 0. The smallest absolute Gasteiger partial charge is 0.0630 e. The Morgan fingerprint density at radius 2 is 1.63 bits per heavy atom. The van der Waals surface area contributed by atoms with Gasteiger partial charge < -0.3 is 4.74 Å². The van der Waals surface area contributed by atoms with Gasteiger partial charge in [0.25, 0.3) is 0 Å². The Labute approximate surface area is 119 Å². The highest BCUT2D eigenvalue weighted by Gasteiger charge is 2.48. The highest BCUT2D eigenvalue weighted by Crippen LogP contribution is 2.53. The van der Waals surface area contributed by atoms with Crippen molar-refractivity contribution in [3.05, 3.63) is 0 Å². The SMILES string of the molecule is CC1CC2CC3CCC(C)(C)OC3CC2C(C)[C@H]1C. The summed E-state index contributed by atoms with van der Waals surface area (Å²) in [6.07, 6.45) is 7.49. The molecule has 2 aliphatic carbocycles. The molecule has 0 N–H and O–H groups in total. The predicted molar refractivity (Wildman–Crippen MR) is 80.0 cm³/mol. The Bertz CT molecular complexity index is 335. The van der Waals surface area contributed by atoms with Crippen molar-refractivity contribution in [2.45, 2.75) is 78.4 Å². The molecule has 3 aliphatic rings. The Morgan fingerprint density at radius 1 is 0.895 bits per heavy atom. The molecule has 3 fully saturated rings. The summed E-state index contributed by atoms with van der Waals surface area (Å²) in [5, 5.41) is 0. The molecule has 0 aromatic rings. The Morgan fingerprint density at radius 3 is 2.37 bits per heavy atom. The Kier molecular flexibility index (Phi) is 3.48. The molecule has 6 unspecified atom stereocenters. The second-order valence-electron chi connectivity index (χ2n) is 8.54. The van der Waals surface area contributed by atoms with Gasteiger partial charge >= 0.3 is 0 Å². The molecule has 1 saturated heterocycles. The summed E-state index contributed by atoms with van der Waals surface area (Å²) >= 11 is 0. The molecule has 2 saturated carbocycles. The lowest BCUT2D eigenvalue weighted by Gasteiger charge is -2.53. The van der Waals surface area contributed by atoms with Gasteiger partial charge in [0.1, 0.15) is 0 Å². The molecule has 0 amide bonds. The molecule has 1 nitrogen and oxygen atoms in total. The van der Waals surface area contributed by atoms with Crippen molar-refractivity contribution in [1.29, 1.82) is 0 Å². The quantitative estimate of drug-likeness (QED) is 0.605. The molecule has 7 atom stereocenters. The number of fused-ring (bicyclic) bond motifs is 2. The molecule has 3 rings (SSSR count). The topological polar surface area (TPSA) is 9.23 Å². The Balaban J connectivity index is 1.74. The highest BCUT2D eigenvalue weighted by molar-refractivity contribution is 4.97. The minimum absolute atomic E-state index is 0.130. The molecule has 0 aromatic heterocycles. The molecule has 0 bridgehead atoms. The van der Waals surface area contributed by atoms with Crippen molar-refractivity contribution in [3.63, 3.8) is 0 Å². The van der Waals surface area contributed by atoms with Gasteiger partial charge in [-0.2, -0.15) is 0 Å². The zero-order valence-corrected chi connectivity index (χ0v) is 13.5. The lowest BCUT2D eigenvalue weighted by atomic mass is 9.56. The van der Waals surface area contributed by atoms with Crippen molar-refractivity contribution in [2.24, 2.45) is 35.5 Å². The summed E-state index contributed by atoms with van der Waals surface area (Å²) in [6.45, 7) is 12.0. The van der Waals surface area contributed by atoms with Crippen LogP contribution in [0.2, 0.25) is 0 Å². The van der Waals surface area contributed by atoms with E-state index in [4.69, 9.17) is 4.74 Å². The summed E-state index contributed by atoms with van der Waals surface area (Å²) in [7, 11) is 0. The van der Waals surface area contributed by atoms with Crippen LogP contribution in [0.4, 0.5) is 0 Å². The normalized spacial score (nSPS) is 53.2. The van der Waals surface area contributed by atoms with E-state index in [1.807, 2.05) is 0 Å². The van der Waals surface area contributed by atoms with E-state index in [1.54, 1.807) is 0 Å². The first-order valence-electron chi connectivity index (χ1n) is 8.55. The molecule has 0 aromatic carbocycles. The van der Waals surface area contributed by atoms with E-state index < -0.39 is 0 Å². The minimum atomic E-state index is 0.130. The molecular weight excluding hydrogens is 232 g/mol. The van der Waals surface area contributed by atoms with Gasteiger partial charge in [-0.15, -0.1) is 0 Å². The van der Waals surface area contributed by atoms with Crippen molar-refractivity contribution in [1.82, 2.24) is 0 Å². The zero-order chi connectivity index (χ0) is 13.8. The van der Waals surface area contributed by atoms with Crippen molar-refractivity contribution in [2.75, 3.05) is 0 Å². The van der Waals surface area contributed by atoms with E-state index in [0.29, 0.717) is 6.10 Å². The molecule has 1 heteroatoms. The summed E-state index contributed by atoms with van der Waals surface area (Å²) in [4.78, 5) is 0. The third-order valence-corrected chi connectivity index (χ3v) is 6.91. The lowest BCUT2D eigenvalue weighted by Crippen LogP contribution is -2.50. The summed E-state index contributed by atoms with van der Waals surface area (Å²) < 4.78 is 6.44. The van der Waals surface area contributed by atoms with Gasteiger partial charge in [-0.05, 0) is 81.5 Å². The third-order valence-electron chi connectivity index (χ3n) is 6.91. The second kappa shape index (κ2) is 4.76. The fourth-order valence-electron chi connectivity index (χ4n) is 5.33. The molecule has 0 spiro atoms. The fraction of sp³-hybridized carbons (Fsp3) is 1.00. The fourth-order valence-corrected chi connectivity index (χ4v) is 5.33. The van der Waals surface area contributed by atoms with Crippen LogP contribution in [0.1, 0.15) is 66.7 Å². The third kappa shape index (κ3) is 2.48. The van der Waals surface area contributed by atoms with Crippen LogP contribution in [-0.4, -0.2) is 11.7 Å². The van der Waals surface area contributed by atoms with Crippen molar-refractivity contribution in [3.8, 4) is 0 Å². The van der Waals surface area contributed by atoms with E-state index in [-0.39, 0.29) is 5.60 Å². The van der Waals surface area contributed by atoms with Crippen LogP contribution in [0.3, 0.4) is 0 Å². The average Bonchev–Trinajstić information content (AvgIpc) is 2.34. The summed E-state index contributed by atoms with van der Waals surface area (Å²) in [5.74, 6) is 5.50. The van der Waals surface area contributed by atoms with Gasteiger partial charge in [0.15, 0.2) is 0 Å². The molecule has 110 valence electrons. The van der Waals surface area contributed by atoms with Gasteiger partial charge in [-0.25, -0.2) is 0 Å². The van der Waals surface area contributed by atoms with Gasteiger partial charge in [0.05, 0.1) is 11.7 Å². The standard InChI is InChI=1S/C18H32O/c1-11-8-15-9-14-6-7-18(4,5)19-17(14)10-16(15)13(3)12(11)2/h11-17H,6-10H2,1-5H3/t11?,12-,13?,14?,15?,16?,17?/m0/s1. The lowest BCUT2D eigenvalue weighted by molar-refractivity contribution is -0.173. The average molecular weight is 264 g/mol. The number of ether oxygens (including phenoxy) is 1. The van der Waals surface area contributed by atoms with E-state index in [9.17, 15) is 0 Å². The van der Waals surface area contributed by atoms with Gasteiger partial charge in [-0.1, -0.05) is 20.8 Å². The van der Waals surface area contributed by atoms with Crippen LogP contribution < -0.4 is 0 Å². The largest absolute Gasteiger partial charge is 0.372 e. The maximum absolute atomic E-state index is 6.44. The first kappa shape index (κ1) is 13.9. The highest BCUT2D eigenvalue weighted by atomic mass is 16.5. The van der Waals surface area contributed by atoms with Crippen LogP contribution in [-0.2, 0) is 4.74 Å². The van der Waals surface area contributed by atoms with Gasteiger partial charge in [0, 0.05) is 0 Å². The van der Waals surface area contributed by atoms with Crippen LogP contribution in [0, 0.1) is 35.5 Å². The van der Waals surface area contributed by atoms with Crippen LogP contribution in [0.25, 0.3) is 0 Å². The van der Waals surface area contributed by atoms with Crippen LogP contribution in [0.15, 0.2) is 0 Å². The predicted octanol–water partition coefficient (Wildman–Crippen LogP) is 4.90. The van der Waals surface area contributed by atoms with E-state index >= 15 is 0 Å². The molecule has 1 aliphatic heterocycles. The van der Waals surface area contributed by atoms with Crippen molar-refractivity contribution >= 4 is 0 Å². The molecule has 1 heterocycles. The van der Waals surface area contributed by atoms with Crippen molar-refractivity contribution < 1.29 is 4.74 Å². The Hall–Kier alpha value is -0.0400.